The Bertz CT molecular complexity index is 473. The summed E-state index contributed by atoms with van der Waals surface area (Å²) in [5.41, 5.74) is 0.668. The number of aryl methyl sites for hydroxylation is 1. The number of hydrogen-bond acceptors (Lipinski definition) is 5. The molecule has 0 saturated carbocycles. The Labute approximate surface area is 121 Å². The van der Waals surface area contributed by atoms with E-state index in [9.17, 15) is 14.7 Å². The van der Waals surface area contributed by atoms with Crippen LogP contribution in [0.2, 0.25) is 0 Å². The molecule has 0 aliphatic heterocycles. The van der Waals surface area contributed by atoms with Crippen LogP contribution in [0.1, 0.15) is 31.0 Å². The Morgan fingerprint density at radius 2 is 1.90 bits per heavy atom. The zero-order valence-electron chi connectivity index (χ0n) is 11.8. The highest BCUT2D eigenvalue weighted by Crippen LogP contribution is 2.12. The molecule has 0 aromatic carbocycles. The molecule has 0 radical (unpaired) electrons. The first kappa shape index (κ1) is 16.6. The number of rotatable bonds is 8. The minimum atomic E-state index is -1.06. The topological polar surface area (TPSA) is 99.5 Å². The third-order valence-electron chi connectivity index (χ3n) is 2.79. The Balaban J connectivity index is 2.74. The normalized spacial score (nSPS) is 14.2. The van der Waals surface area contributed by atoms with Crippen LogP contribution in [-0.2, 0) is 16.0 Å². The molecule has 1 rings (SSSR count). The summed E-state index contributed by atoms with van der Waals surface area (Å²) in [6.45, 7) is 5.64. The van der Waals surface area contributed by atoms with E-state index in [1.807, 2.05) is 20.8 Å². The molecule has 1 aromatic rings. The van der Waals surface area contributed by atoms with Gasteiger partial charge in [0.15, 0.2) is 0 Å². The average Bonchev–Trinajstić information content (AvgIpc) is 2.72. The second-order valence-corrected chi connectivity index (χ2v) is 6.20. The fourth-order valence-corrected chi connectivity index (χ4v) is 2.51. The molecule has 112 valence electrons. The van der Waals surface area contributed by atoms with Crippen molar-refractivity contribution in [3.05, 3.63) is 16.1 Å². The molecule has 2 unspecified atom stereocenters. The number of carboxylic acids is 2. The van der Waals surface area contributed by atoms with E-state index in [2.05, 4.69) is 10.3 Å². The lowest BCUT2D eigenvalue weighted by Gasteiger charge is -2.21. The van der Waals surface area contributed by atoms with Crippen molar-refractivity contribution in [3.8, 4) is 0 Å². The second kappa shape index (κ2) is 7.35. The summed E-state index contributed by atoms with van der Waals surface area (Å²) in [4.78, 5) is 26.7. The number of nitrogens with zero attached hydrogens (tertiary/aromatic N) is 1. The summed E-state index contributed by atoms with van der Waals surface area (Å²) in [5.74, 6) is -1.93. The van der Waals surface area contributed by atoms with E-state index < -0.39 is 24.0 Å². The van der Waals surface area contributed by atoms with Crippen molar-refractivity contribution < 1.29 is 19.8 Å². The molecule has 7 heteroatoms. The Kier molecular flexibility index (Phi) is 6.09. The third kappa shape index (κ3) is 5.26. The quantitative estimate of drug-likeness (QED) is 0.673. The molecule has 0 fully saturated rings. The molecule has 1 heterocycles. The number of nitrogens with one attached hydrogen (secondary N) is 1. The lowest BCUT2D eigenvalue weighted by atomic mass is 10.0. The average molecular weight is 300 g/mol. The van der Waals surface area contributed by atoms with E-state index >= 15 is 0 Å². The minimum absolute atomic E-state index is 0.166. The van der Waals surface area contributed by atoms with Crippen molar-refractivity contribution in [2.75, 3.05) is 0 Å². The molecular weight excluding hydrogens is 280 g/mol. The molecule has 0 amide bonds. The first-order chi connectivity index (χ1) is 9.29. The van der Waals surface area contributed by atoms with Crippen molar-refractivity contribution in [2.24, 2.45) is 5.92 Å². The fraction of sp³-hybridized carbons (Fsp3) is 0.615. The third-order valence-corrected chi connectivity index (χ3v) is 3.61. The van der Waals surface area contributed by atoms with Crippen LogP contribution in [-0.4, -0.2) is 39.2 Å². The number of thiazole rings is 1. The van der Waals surface area contributed by atoms with Gasteiger partial charge in [0, 0.05) is 11.8 Å². The van der Waals surface area contributed by atoms with Crippen molar-refractivity contribution >= 4 is 23.3 Å². The van der Waals surface area contributed by atoms with E-state index in [-0.39, 0.29) is 12.3 Å². The largest absolute Gasteiger partial charge is 0.480 e. The van der Waals surface area contributed by atoms with Gasteiger partial charge in [-0.3, -0.25) is 14.9 Å². The molecule has 3 N–H and O–H groups in total. The number of aromatic nitrogens is 1. The molecule has 6 nitrogen and oxygen atoms in total. The highest BCUT2D eigenvalue weighted by Gasteiger charge is 2.27. The SMILES string of the molecule is Cc1nc(CC(NC(CC(C)C)C(=O)O)C(=O)O)cs1. The van der Waals surface area contributed by atoms with Gasteiger partial charge in [-0.05, 0) is 19.3 Å². The summed E-state index contributed by atoms with van der Waals surface area (Å²) in [7, 11) is 0. The van der Waals surface area contributed by atoms with E-state index in [0.717, 1.165) is 5.01 Å². The standard InChI is InChI=1S/C13H20N2O4S/c1-7(2)4-10(12(16)17)15-11(13(18)19)5-9-6-20-8(3)14-9/h6-7,10-11,15H,4-5H2,1-3H3,(H,16,17)(H,18,19). The summed E-state index contributed by atoms with van der Waals surface area (Å²) >= 11 is 1.45. The summed E-state index contributed by atoms with van der Waals surface area (Å²) in [6, 6.07) is -1.81. The van der Waals surface area contributed by atoms with Gasteiger partial charge in [-0.25, -0.2) is 4.98 Å². The number of hydrogen-bond donors (Lipinski definition) is 3. The molecule has 0 aliphatic carbocycles. The maximum Gasteiger partial charge on any atom is 0.321 e. The minimum Gasteiger partial charge on any atom is -0.480 e. The molecule has 20 heavy (non-hydrogen) atoms. The van der Waals surface area contributed by atoms with Gasteiger partial charge in [-0.15, -0.1) is 11.3 Å². The molecule has 0 saturated heterocycles. The van der Waals surface area contributed by atoms with Gasteiger partial charge in [0.2, 0.25) is 0 Å². The maximum atomic E-state index is 11.3. The van der Waals surface area contributed by atoms with Crippen LogP contribution in [0.3, 0.4) is 0 Å². The monoisotopic (exact) mass is 300 g/mol. The van der Waals surface area contributed by atoms with Gasteiger partial charge < -0.3 is 10.2 Å². The van der Waals surface area contributed by atoms with Crippen molar-refractivity contribution in [1.82, 2.24) is 10.3 Å². The first-order valence-corrected chi connectivity index (χ1v) is 7.30. The highest BCUT2D eigenvalue weighted by molar-refractivity contribution is 7.09. The molecule has 0 aliphatic rings. The van der Waals surface area contributed by atoms with Crippen LogP contribution >= 0.6 is 11.3 Å². The smallest absolute Gasteiger partial charge is 0.321 e. The highest BCUT2D eigenvalue weighted by atomic mass is 32.1. The van der Waals surface area contributed by atoms with Gasteiger partial charge >= 0.3 is 11.9 Å². The number of carbonyl (C=O) groups is 2. The van der Waals surface area contributed by atoms with Crippen LogP contribution in [0, 0.1) is 12.8 Å². The van der Waals surface area contributed by atoms with Gasteiger partial charge in [0.05, 0.1) is 10.7 Å². The van der Waals surface area contributed by atoms with Gasteiger partial charge in [-0.1, -0.05) is 13.8 Å². The van der Waals surface area contributed by atoms with Gasteiger partial charge in [0.1, 0.15) is 12.1 Å². The molecule has 1 aromatic heterocycles. The van der Waals surface area contributed by atoms with Gasteiger partial charge in [0.25, 0.3) is 0 Å². The number of aliphatic carboxylic acids is 2. The van der Waals surface area contributed by atoms with Crippen molar-refractivity contribution in [2.45, 2.75) is 45.7 Å². The van der Waals surface area contributed by atoms with Crippen LogP contribution in [0.5, 0.6) is 0 Å². The molecule has 0 bridgehead atoms. The van der Waals surface area contributed by atoms with Crippen molar-refractivity contribution in [1.29, 1.82) is 0 Å². The predicted molar refractivity (Wildman–Crippen MR) is 76.0 cm³/mol. The molecule has 2 atom stereocenters. The van der Waals surface area contributed by atoms with Crippen LogP contribution in [0.25, 0.3) is 0 Å². The fourth-order valence-electron chi connectivity index (χ4n) is 1.88. The van der Waals surface area contributed by atoms with Gasteiger partial charge in [-0.2, -0.15) is 0 Å². The van der Waals surface area contributed by atoms with E-state index in [4.69, 9.17) is 5.11 Å². The second-order valence-electron chi connectivity index (χ2n) is 5.14. The van der Waals surface area contributed by atoms with E-state index in [1.165, 1.54) is 11.3 Å². The molecular formula is C13H20N2O4S. The maximum absolute atomic E-state index is 11.3. The first-order valence-electron chi connectivity index (χ1n) is 6.42. The van der Waals surface area contributed by atoms with Crippen LogP contribution < -0.4 is 5.32 Å². The van der Waals surface area contributed by atoms with E-state index in [0.29, 0.717) is 12.1 Å². The molecule has 0 spiro atoms. The van der Waals surface area contributed by atoms with Crippen LogP contribution in [0.15, 0.2) is 5.38 Å². The lowest BCUT2D eigenvalue weighted by molar-refractivity contribution is -0.142. The van der Waals surface area contributed by atoms with Crippen LogP contribution in [0.4, 0.5) is 0 Å². The van der Waals surface area contributed by atoms with Crippen molar-refractivity contribution in [3.63, 3.8) is 0 Å². The Hall–Kier alpha value is -1.47. The summed E-state index contributed by atoms with van der Waals surface area (Å²) in [5, 5.41) is 23.7. The summed E-state index contributed by atoms with van der Waals surface area (Å²) < 4.78 is 0. The Morgan fingerprint density at radius 1 is 1.30 bits per heavy atom. The number of carboxylic acid groups (broad SMARTS) is 2. The van der Waals surface area contributed by atoms with E-state index in [1.54, 1.807) is 5.38 Å². The zero-order valence-corrected chi connectivity index (χ0v) is 12.6. The Morgan fingerprint density at radius 3 is 2.30 bits per heavy atom. The predicted octanol–water partition coefficient (Wildman–Crippen LogP) is 1.54. The lowest BCUT2D eigenvalue weighted by Crippen LogP contribution is -2.48. The summed E-state index contributed by atoms with van der Waals surface area (Å²) in [6.07, 6.45) is 0.566. The zero-order chi connectivity index (χ0) is 15.3.